The summed E-state index contributed by atoms with van der Waals surface area (Å²) in [5.74, 6) is 0. The minimum atomic E-state index is -0.391. The van der Waals surface area contributed by atoms with E-state index in [1.165, 1.54) is 0 Å². The topological polar surface area (TPSA) is 68.2 Å². The Kier molecular flexibility index (Phi) is 4.56. The summed E-state index contributed by atoms with van der Waals surface area (Å²) in [5.41, 5.74) is 1.21. The highest BCUT2D eigenvalue weighted by molar-refractivity contribution is 5.89. The van der Waals surface area contributed by atoms with E-state index in [1.54, 1.807) is 10.9 Å². The van der Waals surface area contributed by atoms with Gasteiger partial charge in [0.1, 0.15) is 0 Å². The zero-order valence-electron chi connectivity index (χ0n) is 15.2. The summed E-state index contributed by atoms with van der Waals surface area (Å²) in [6.07, 6.45) is 4.26. The lowest BCUT2D eigenvalue weighted by Crippen LogP contribution is -2.47. The number of hydrogen-bond acceptors (Lipinski definition) is 3. The Bertz CT molecular complexity index is 737. The van der Waals surface area contributed by atoms with Crippen molar-refractivity contribution in [1.29, 1.82) is 0 Å². The molecule has 0 bridgehead atoms. The van der Waals surface area contributed by atoms with Gasteiger partial charge in [0.15, 0.2) is 0 Å². The average Bonchev–Trinajstić information content (AvgIpc) is 3.01. The fraction of sp³-hybridized carbons (Fsp3) is 0.474. The van der Waals surface area contributed by atoms with Gasteiger partial charge in [-0.1, -0.05) is 30.3 Å². The number of ether oxygens (including phenoxy) is 1. The Balaban J connectivity index is 1.57. The molecule has 0 radical (unpaired) electrons. The summed E-state index contributed by atoms with van der Waals surface area (Å²) in [4.78, 5) is 12.3. The molecular formula is C19H26N4O2. The van der Waals surface area contributed by atoms with Crippen LogP contribution in [0, 0.1) is 0 Å². The number of anilines is 1. The molecule has 6 heteroatoms. The number of hydrogen-bond donors (Lipinski definition) is 2. The summed E-state index contributed by atoms with van der Waals surface area (Å²) in [6, 6.07) is 9.80. The van der Waals surface area contributed by atoms with E-state index in [1.807, 2.05) is 64.2 Å². The summed E-state index contributed by atoms with van der Waals surface area (Å²) >= 11 is 0. The lowest BCUT2D eigenvalue weighted by molar-refractivity contribution is -0.0689. The Morgan fingerprint density at radius 3 is 2.64 bits per heavy atom. The smallest absolute Gasteiger partial charge is 0.319 e. The number of nitrogens with zero attached hydrogens (tertiary/aromatic N) is 2. The van der Waals surface area contributed by atoms with E-state index in [0.717, 1.165) is 12.0 Å². The summed E-state index contributed by atoms with van der Waals surface area (Å²) in [5, 5.41) is 10.2. The first-order valence-corrected chi connectivity index (χ1v) is 8.58. The third-order valence-corrected chi connectivity index (χ3v) is 4.46. The van der Waals surface area contributed by atoms with Gasteiger partial charge < -0.3 is 15.4 Å². The fourth-order valence-electron chi connectivity index (χ4n) is 3.40. The van der Waals surface area contributed by atoms with E-state index in [0.29, 0.717) is 12.2 Å². The number of carbonyl (C=O) groups is 1. The van der Waals surface area contributed by atoms with Crippen LogP contribution in [-0.4, -0.2) is 33.1 Å². The Morgan fingerprint density at radius 1 is 1.28 bits per heavy atom. The Hall–Kier alpha value is -2.34. The molecular weight excluding hydrogens is 316 g/mol. The lowest BCUT2D eigenvalue weighted by Gasteiger charge is -2.27. The standard InChI is InChI=1S/C19H26N4O2/c1-18(2)10-16(19(3,4)25-18)22-17(24)21-15-11-20-23(13-15)12-14-8-6-5-7-9-14/h5-9,11,13,16H,10,12H2,1-4H3,(H2,21,22,24). The molecule has 2 heterocycles. The van der Waals surface area contributed by atoms with Gasteiger partial charge in [-0.3, -0.25) is 4.68 Å². The molecule has 1 aliphatic rings. The van der Waals surface area contributed by atoms with Crippen molar-refractivity contribution in [2.45, 2.75) is 57.9 Å². The first kappa shape index (κ1) is 17.5. The van der Waals surface area contributed by atoms with Gasteiger partial charge in [-0.25, -0.2) is 4.79 Å². The SMILES string of the molecule is CC1(C)CC(NC(=O)Nc2cnn(Cc3ccccc3)c2)C(C)(C)O1. The maximum atomic E-state index is 12.3. The molecule has 1 saturated heterocycles. The third-order valence-electron chi connectivity index (χ3n) is 4.46. The third kappa shape index (κ3) is 4.39. The number of rotatable bonds is 4. The molecule has 134 valence electrons. The highest BCUT2D eigenvalue weighted by Crippen LogP contribution is 2.37. The van der Waals surface area contributed by atoms with Gasteiger partial charge in [0.25, 0.3) is 0 Å². The Morgan fingerprint density at radius 2 is 2.00 bits per heavy atom. The van der Waals surface area contributed by atoms with Crippen LogP contribution in [0.15, 0.2) is 42.7 Å². The van der Waals surface area contributed by atoms with Crippen molar-refractivity contribution >= 4 is 11.7 Å². The van der Waals surface area contributed by atoms with Crippen LogP contribution >= 0.6 is 0 Å². The molecule has 3 rings (SSSR count). The minimum Gasteiger partial charge on any atom is -0.367 e. The quantitative estimate of drug-likeness (QED) is 0.895. The molecule has 1 aromatic heterocycles. The second-order valence-corrected chi connectivity index (χ2v) is 7.73. The van der Waals surface area contributed by atoms with Crippen LogP contribution < -0.4 is 10.6 Å². The predicted molar refractivity (Wildman–Crippen MR) is 97.6 cm³/mol. The van der Waals surface area contributed by atoms with Crippen molar-refractivity contribution in [3.8, 4) is 0 Å². The molecule has 0 aliphatic carbocycles. The zero-order chi connectivity index (χ0) is 18.1. The molecule has 1 fully saturated rings. The monoisotopic (exact) mass is 342 g/mol. The van der Waals surface area contributed by atoms with Crippen LogP contribution in [0.4, 0.5) is 10.5 Å². The summed E-state index contributed by atoms with van der Waals surface area (Å²) < 4.78 is 7.81. The molecule has 0 saturated carbocycles. The van der Waals surface area contributed by atoms with Crippen molar-refractivity contribution < 1.29 is 9.53 Å². The zero-order valence-corrected chi connectivity index (χ0v) is 15.2. The molecule has 1 aliphatic heterocycles. The van der Waals surface area contributed by atoms with Crippen LogP contribution in [0.25, 0.3) is 0 Å². The van der Waals surface area contributed by atoms with Crippen molar-refractivity contribution in [3.63, 3.8) is 0 Å². The van der Waals surface area contributed by atoms with Gasteiger partial charge in [0, 0.05) is 6.20 Å². The second kappa shape index (κ2) is 6.52. The molecule has 2 N–H and O–H groups in total. The fourth-order valence-corrected chi connectivity index (χ4v) is 3.40. The molecule has 6 nitrogen and oxygen atoms in total. The molecule has 2 aromatic rings. The number of nitrogens with one attached hydrogen (secondary N) is 2. The molecule has 25 heavy (non-hydrogen) atoms. The first-order chi connectivity index (χ1) is 11.7. The predicted octanol–water partition coefficient (Wildman–Crippen LogP) is 3.40. The van der Waals surface area contributed by atoms with Crippen LogP contribution in [0.5, 0.6) is 0 Å². The van der Waals surface area contributed by atoms with Crippen LogP contribution in [0.3, 0.4) is 0 Å². The number of benzene rings is 1. The van der Waals surface area contributed by atoms with E-state index >= 15 is 0 Å². The minimum absolute atomic E-state index is 0.0399. The van der Waals surface area contributed by atoms with Crippen molar-refractivity contribution in [2.75, 3.05) is 5.32 Å². The van der Waals surface area contributed by atoms with Gasteiger partial charge in [0.2, 0.25) is 0 Å². The van der Waals surface area contributed by atoms with Crippen molar-refractivity contribution in [1.82, 2.24) is 15.1 Å². The Labute approximate surface area is 148 Å². The molecule has 2 amide bonds. The average molecular weight is 342 g/mol. The van der Waals surface area contributed by atoms with Gasteiger partial charge in [0.05, 0.1) is 35.7 Å². The van der Waals surface area contributed by atoms with Crippen molar-refractivity contribution in [3.05, 3.63) is 48.3 Å². The van der Waals surface area contributed by atoms with Crippen LogP contribution in [-0.2, 0) is 11.3 Å². The molecule has 1 unspecified atom stereocenters. The number of urea groups is 1. The first-order valence-electron chi connectivity index (χ1n) is 8.58. The maximum absolute atomic E-state index is 12.3. The highest BCUT2D eigenvalue weighted by Gasteiger charge is 2.46. The number of amides is 2. The lowest BCUT2D eigenvalue weighted by atomic mass is 9.95. The van der Waals surface area contributed by atoms with E-state index < -0.39 is 5.60 Å². The van der Waals surface area contributed by atoms with E-state index in [2.05, 4.69) is 15.7 Å². The van der Waals surface area contributed by atoms with Gasteiger partial charge in [-0.05, 0) is 39.7 Å². The van der Waals surface area contributed by atoms with Crippen LogP contribution in [0.1, 0.15) is 39.7 Å². The highest BCUT2D eigenvalue weighted by atomic mass is 16.5. The van der Waals surface area contributed by atoms with E-state index in [-0.39, 0.29) is 17.7 Å². The van der Waals surface area contributed by atoms with Gasteiger partial charge in [-0.15, -0.1) is 0 Å². The van der Waals surface area contributed by atoms with Crippen LogP contribution in [0.2, 0.25) is 0 Å². The summed E-state index contributed by atoms with van der Waals surface area (Å²) in [7, 11) is 0. The maximum Gasteiger partial charge on any atom is 0.319 e. The van der Waals surface area contributed by atoms with E-state index in [4.69, 9.17) is 4.74 Å². The molecule has 0 spiro atoms. The van der Waals surface area contributed by atoms with Gasteiger partial charge in [-0.2, -0.15) is 5.10 Å². The summed E-state index contributed by atoms with van der Waals surface area (Å²) in [6.45, 7) is 8.76. The normalized spacial score (nSPS) is 21.0. The molecule has 1 atom stereocenters. The largest absolute Gasteiger partial charge is 0.367 e. The van der Waals surface area contributed by atoms with Gasteiger partial charge >= 0.3 is 6.03 Å². The number of aromatic nitrogens is 2. The van der Waals surface area contributed by atoms with E-state index in [9.17, 15) is 4.79 Å². The second-order valence-electron chi connectivity index (χ2n) is 7.73. The number of carbonyl (C=O) groups excluding carboxylic acids is 1. The molecule has 1 aromatic carbocycles. The van der Waals surface area contributed by atoms with Crippen molar-refractivity contribution in [2.24, 2.45) is 0 Å².